The van der Waals surface area contributed by atoms with Gasteiger partial charge >= 0.3 is 0 Å². The molecule has 114 valence electrons. The van der Waals surface area contributed by atoms with Gasteiger partial charge in [0.2, 0.25) is 10.0 Å². The van der Waals surface area contributed by atoms with E-state index in [1.165, 1.54) is 11.3 Å². The summed E-state index contributed by atoms with van der Waals surface area (Å²) in [4.78, 5) is 3.39. The summed E-state index contributed by atoms with van der Waals surface area (Å²) in [5.74, 6) is 0.244. The van der Waals surface area contributed by atoms with E-state index in [1.54, 1.807) is 11.4 Å². The maximum absolute atomic E-state index is 12.8. The van der Waals surface area contributed by atoms with Gasteiger partial charge in [0.15, 0.2) is 0 Å². The van der Waals surface area contributed by atoms with Gasteiger partial charge in [0.1, 0.15) is 4.90 Å². The Morgan fingerprint density at radius 1 is 1.45 bits per heavy atom. The highest BCUT2D eigenvalue weighted by Gasteiger charge is 2.33. The van der Waals surface area contributed by atoms with Crippen molar-refractivity contribution in [3.05, 3.63) is 15.8 Å². The Balaban J connectivity index is 2.27. The molecule has 1 aromatic rings. The van der Waals surface area contributed by atoms with Gasteiger partial charge in [-0.3, -0.25) is 0 Å². The first-order chi connectivity index (χ1) is 9.37. The van der Waals surface area contributed by atoms with E-state index in [0.29, 0.717) is 4.90 Å². The van der Waals surface area contributed by atoms with Gasteiger partial charge in [0.25, 0.3) is 0 Å². The molecule has 1 saturated heterocycles. The number of thiophene rings is 1. The lowest BCUT2D eigenvalue weighted by Gasteiger charge is -2.34. The van der Waals surface area contributed by atoms with Crippen LogP contribution in [0.3, 0.4) is 0 Å². The third-order valence-corrected chi connectivity index (χ3v) is 7.75. The van der Waals surface area contributed by atoms with E-state index >= 15 is 0 Å². The molecule has 1 aliphatic rings. The Labute approximate surface area is 130 Å². The average Bonchev–Trinajstić information content (AvgIpc) is 2.80. The molecular weight excluding hydrogens is 316 g/mol. The van der Waals surface area contributed by atoms with Gasteiger partial charge in [-0.2, -0.15) is 4.31 Å². The van der Waals surface area contributed by atoms with Gasteiger partial charge in [-0.15, -0.1) is 22.9 Å². The first-order valence-electron chi connectivity index (χ1n) is 6.67. The third kappa shape index (κ3) is 3.04. The van der Waals surface area contributed by atoms with Crippen molar-refractivity contribution in [2.45, 2.75) is 36.6 Å². The predicted molar refractivity (Wildman–Crippen MR) is 84.1 cm³/mol. The van der Waals surface area contributed by atoms with Crippen molar-refractivity contribution < 1.29 is 8.42 Å². The molecule has 7 heteroatoms. The minimum absolute atomic E-state index is 0.0821. The first kappa shape index (κ1) is 16.2. The molecule has 0 bridgehead atoms. The highest BCUT2D eigenvalue weighted by molar-refractivity contribution is 7.89. The van der Waals surface area contributed by atoms with Crippen LogP contribution < -0.4 is 0 Å². The van der Waals surface area contributed by atoms with Gasteiger partial charge < -0.3 is 4.90 Å². The van der Waals surface area contributed by atoms with Crippen molar-refractivity contribution in [2.75, 3.05) is 27.2 Å². The molecule has 0 unspecified atom stereocenters. The smallest absolute Gasteiger partial charge is 0.244 e. The zero-order valence-corrected chi connectivity index (χ0v) is 14.5. The lowest BCUT2D eigenvalue weighted by Crippen LogP contribution is -2.44. The van der Waals surface area contributed by atoms with Crippen molar-refractivity contribution in [1.29, 1.82) is 0 Å². The lowest BCUT2D eigenvalue weighted by atomic mass is 10.1. The van der Waals surface area contributed by atoms with Crippen LogP contribution in [0.2, 0.25) is 0 Å². The molecule has 1 fully saturated rings. The maximum Gasteiger partial charge on any atom is 0.244 e. The number of likely N-dealkylation sites (tertiary alicyclic amines) is 1. The van der Waals surface area contributed by atoms with Crippen LogP contribution in [-0.4, -0.2) is 50.8 Å². The fourth-order valence-corrected chi connectivity index (χ4v) is 6.05. The van der Waals surface area contributed by atoms with E-state index in [-0.39, 0.29) is 11.9 Å². The van der Waals surface area contributed by atoms with Gasteiger partial charge in [0.05, 0.1) is 5.88 Å². The molecule has 0 atom stereocenters. The molecule has 0 amide bonds. The van der Waals surface area contributed by atoms with Crippen LogP contribution in [-0.2, 0) is 15.9 Å². The molecule has 4 nitrogen and oxygen atoms in total. The summed E-state index contributed by atoms with van der Waals surface area (Å²) >= 11 is 7.30. The summed E-state index contributed by atoms with van der Waals surface area (Å²) in [5, 5.41) is 1.87. The topological polar surface area (TPSA) is 40.6 Å². The van der Waals surface area contributed by atoms with E-state index < -0.39 is 10.0 Å². The lowest BCUT2D eigenvalue weighted by molar-refractivity contribution is 0.197. The second-order valence-electron chi connectivity index (χ2n) is 5.36. The number of rotatable bonds is 4. The zero-order valence-electron chi connectivity index (χ0n) is 12.1. The summed E-state index contributed by atoms with van der Waals surface area (Å²) < 4.78 is 27.2. The van der Waals surface area contributed by atoms with Crippen molar-refractivity contribution in [2.24, 2.45) is 0 Å². The van der Waals surface area contributed by atoms with Crippen LogP contribution in [0, 0.1) is 6.92 Å². The number of hydrogen-bond acceptors (Lipinski definition) is 4. The fourth-order valence-electron chi connectivity index (χ4n) is 2.62. The Morgan fingerprint density at radius 2 is 2.05 bits per heavy atom. The number of halogens is 1. The van der Waals surface area contributed by atoms with Crippen LogP contribution in [0.25, 0.3) is 0 Å². The Morgan fingerprint density at radius 3 is 2.60 bits per heavy atom. The Hall–Kier alpha value is -0.140. The number of aryl methyl sites for hydroxylation is 1. The molecule has 1 aliphatic heterocycles. The number of alkyl halides is 1. The van der Waals surface area contributed by atoms with Crippen LogP contribution in [0.15, 0.2) is 10.3 Å². The minimum atomic E-state index is -3.45. The summed E-state index contributed by atoms with van der Waals surface area (Å²) in [6.45, 7) is 3.72. The van der Waals surface area contributed by atoms with Crippen molar-refractivity contribution in [3.8, 4) is 0 Å². The molecule has 0 spiro atoms. The van der Waals surface area contributed by atoms with Gasteiger partial charge in [-0.05, 0) is 50.8 Å². The van der Waals surface area contributed by atoms with E-state index in [4.69, 9.17) is 11.6 Å². The quantitative estimate of drug-likeness (QED) is 0.793. The maximum atomic E-state index is 12.8. The van der Waals surface area contributed by atoms with Crippen molar-refractivity contribution in [1.82, 2.24) is 9.21 Å². The van der Waals surface area contributed by atoms with Crippen LogP contribution in [0.5, 0.6) is 0 Å². The van der Waals surface area contributed by atoms with E-state index in [0.717, 1.165) is 36.4 Å². The second-order valence-corrected chi connectivity index (χ2v) is 8.53. The highest BCUT2D eigenvalue weighted by Crippen LogP contribution is 2.32. The van der Waals surface area contributed by atoms with Gasteiger partial charge in [-0.1, -0.05) is 0 Å². The molecule has 2 rings (SSSR count). The van der Waals surface area contributed by atoms with Gasteiger partial charge in [0, 0.05) is 18.0 Å². The highest BCUT2D eigenvalue weighted by atomic mass is 35.5. The summed E-state index contributed by atoms with van der Waals surface area (Å²) in [6, 6.07) is 0.0821. The largest absolute Gasteiger partial charge is 0.306 e. The van der Waals surface area contributed by atoms with Crippen LogP contribution in [0.4, 0.5) is 0 Å². The number of hydrogen-bond donors (Lipinski definition) is 0. The molecule has 1 aromatic heterocycles. The standard InChI is InChI=1S/C13H21ClN2O2S2/c1-10-9-19-12(8-14)13(10)20(17,18)16(3)11-4-6-15(2)7-5-11/h9,11H,4-8H2,1-3H3. The number of piperidine rings is 1. The van der Waals surface area contributed by atoms with E-state index in [2.05, 4.69) is 11.9 Å². The molecular formula is C13H21ClN2O2S2. The molecule has 0 N–H and O–H groups in total. The van der Waals surface area contributed by atoms with Crippen molar-refractivity contribution >= 4 is 33.0 Å². The summed E-state index contributed by atoms with van der Waals surface area (Å²) in [5.41, 5.74) is 0.797. The van der Waals surface area contributed by atoms with Crippen LogP contribution >= 0.6 is 22.9 Å². The van der Waals surface area contributed by atoms with Crippen molar-refractivity contribution in [3.63, 3.8) is 0 Å². The second kappa shape index (κ2) is 6.32. The SMILES string of the molecule is Cc1csc(CCl)c1S(=O)(=O)N(C)C1CCN(C)CC1. The van der Waals surface area contributed by atoms with E-state index in [1.807, 2.05) is 12.3 Å². The molecule has 0 saturated carbocycles. The summed E-state index contributed by atoms with van der Waals surface area (Å²) in [7, 11) is 0.318. The Bertz CT molecular complexity index is 563. The molecule has 0 radical (unpaired) electrons. The molecule has 0 aliphatic carbocycles. The first-order valence-corrected chi connectivity index (χ1v) is 9.53. The van der Waals surface area contributed by atoms with E-state index in [9.17, 15) is 8.42 Å². The predicted octanol–water partition coefficient (Wildman–Crippen LogP) is 2.51. The number of sulfonamides is 1. The minimum Gasteiger partial charge on any atom is -0.306 e. The zero-order chi connectivity index (χ0) is 14.9. The van der Waals surface area contributed by atoms with Gasteiger partial charge in [-0.25, -0.2) is 8.42 Å². The molecule has 0 aromatic carbocycles. The normalized spacial score (nSPS) is 18.9. The summed E-state index contributed by atoms with van der Waals surface area (Å²) in [6.07, 6.45) is 1.76. The Kier molecular flexibility index (Phi) is 5.13. The number of nitrogens with zero attached hydrogens (tertiary/aromatic N) is 2. The fraction of sp³-hybridized carbons (Fsp3) is 0.692. The molecule has 20 heavy (non-hydrogen) atoms. The third-order valence-electron chi connectivity index (χ3n) is 3.95. The molecule has 2 heterocycles. The monoisotopic (exact) mass is 336 g/mol. The average molecular weight is 337 g/mol. The van der Waals surface area contributed by atoms with Crippen LogP contribution in [0.1, 0.15) is 23.3 Å².